The van der Waals surface area contributed by atoms with Gasteiger partial charge in [-0.25, -0.2) is 0 Å². The molecule has 1 fully saturated rings. The summed E-state index contributed by atoms with van der Waals surface area (Å²) in [6.07, 6.45) is 3.86. The van der Waals surface area contributed by atoms with Crippen molar-refractivity contribution in [3.8, 4) is 0 Å². The second kappa shape index (κ2) is 6.87. The third-order valence-electron chi connectivity index (χ3n) is 4.15. The standard InChI is InChI=1S/C13H28N2S/c1-4-12(5-2)9-15(6-3)13(10-14)7-8-16-11-13/h12H,4-11,14H2,1-3H3. The molecule has 1 aliphatic rings. The number of thioether (sulfide) groups is 1. The van der Waals surface area contributed by atoms with E-state index in [1.54, 1.807) is 0 Å². The van der Waals surface area contributed by atoms with Crippen LogP contribution in [0.25, 0.3) is 0 Å². The van der Waals surface area contributed by atoms with Gasteiger partial charge in [-0.05, 0) is 24.6 Å². The molecule has 3 heteroatoms. The number of likely N-dealkylation sites (N-methyl/N-ethyl adjacent to an activating group) is 1. The van der Waals surface area contributed by atoms with E-state index in [-0.39, 0.29) is 0 Å². The maximum absolute atomic E-state index is 6.05. The van der Waals surface area contributed by atoms with E-state index < -0.39 is 0 Å². The molecule has 0 saturated carbocycles. The summed E-state index contributed by atoms with van der Waals surface area (Å²) in [6.45, 7) is 10.1. The fourth-order valence-corrected chi connectivity index (χ4v) is 4.15. The lowest BCUT2D eigenvalue weighted by atomic mass is 9.93. The van der Waals surface area contributed by atoms with Crippen LogP contribution in [0.1, 0.15) is 40.0 Å². The summed E-state index contributed by atoms with van der Waals surface area (Å²) in [6, 6.07) is 0. The fourth-order valence-electron chi connectivity index (χ4n) is 2.65. The second-order valence-corrected chi connectivity index (χ2v) is 6.06. The van der Waals surface area contributed by atoms with Gasteiger partial charge in [0.15, 0.2) is 0 Å². The summed E-state index contributed by atoms with van der Waals surface area (Å²) in [4.78, 5) is 2.66. The van der Waals surface area contributed by atoms with Gasteiger partial charge in [-0.3, -0.25) is 4.90 Å². The summed E-state index contributed by atoms with van der Waals surface area (Å²) in [5, 5.41) is 0. The van der Waals surface area contributed by atoms with Gasteiger partial charge in [-0.15, -0.1) is 0 Å². The largest absolute Gasteiger partial charge is 0.329 e. The molecule has 0 aromatic rings. The van der Waals surface area contributed by atoms with Gasteiger partial charge in [0, 0.05) is 24.4 Å². The van der Waals surface area contributed by atoms with Crippen molar-refractivity contribution in [3.63, 3.8) is 0 Å². The Morgan fingerprint density at radius 2 is 2.00 bits per heavy atom. The molecular formula is C13H28N2S. The Kier molecular flexibility index (Phi) is 6.16. The van der Waals surface area contributed by atoms with Crippen LogP contribution in [0.4, 0.5) is 0 Å². The van der Waals surface area contributed by atoms with Crippen LogP contribution in [0, 0.1) is 5.92 Å². The van der Waals surface area contributed by atoms with E-state index in [0.29, 0.717) is 5.54 Å². The average Bonchev–Trinajstić information content (AvgIpc) is 2.80. The molecule has 0 bridgehead atoms. The second-order valence-electron chi connectivity index (χ2n) is 4.95. The average molecular weight is 244 g/mol. The highest BCUT2D eigenvalue weighted by molar-refractivity contribution is 7.99. The Labute approximate surface area is 105 Å². The molecule has 0 aromatic carbocycles. The first-order valence-corrected chi connectivity index (χ1v) is 7.90. The van der Waals surface area contributed by atoms with Crippen molar-refractivity contribution >= 4 is 11.8 Å². The van der Waals surface area contributed by atoms with Crippen LogP contribution < -0.4 is 5.73 Å². The quantitative estimate of drug-likeness (QED) is 0.746. The van der Waals surface area contributed by atoms with Gasteiger partial charge < -0.3 is 5.73 Å². The summed E-state index contributed by atoms with van der Waals surface area (Å²) in [5.41, 5.74) is 6.36. The zero-order chi connectivity index (χ0) is 12.0. The van der Waals surface area contributed by atoms with Crippen molar-refractivity contribution in [2.24, 2.45) is 11.7 Å². The predicted octanol–water partition coefficient (Wildman–Crippen LogP) is 2.58. The first-order valence-electron chi connectivity index (χ1n) is 6.75. The van der Waals surface area contributed by atoms with Crippen LogP contribution in [-0.2, 0) is 0 Å². The molecule has 1 rings (SSSR count). The molecule has 1 saturated heterocycles. The lowest BCUT2D eigenvalue weighted by Crippen LogP contribution is -2.55. The molecule has 1 aliphatic heterocycles. The van der Waals surface area contributed by atoms with Crippen LogP contribution in [0.3, 0.4) is 0 Å². The van der Waals surface area contributed by atoms with Gasteiger partial charge >= 0.3 is 0 Å². The summed E-state index contributed by atoms with van der Waals surface area (Å²) >= 11 is 2.07. The number of hydrogen-bond acceptors (Lipinski definition) is 3. The van der Waals surface area contributed by atoms with Crippen molar-refractivity contribution in [1.29, 1.82) is 0 Å². The van der Waals surface area contributed by atoms with Crippen molar-refractivity contribution in [3.05, 3.63) is 0 Å². The highest BCUT2D eigenvalue weighted by Crippen LogP contribution is 2.33. The van der Waals surface area contributed by atoms with Crippen molar-refractivity contribution in [1.82, 2.24) is 4.90 Å². The van der Waals surface area contributed by atoms with Gasteiger partial charge in [0.05, 0.1) is 0 Å². The SMILES string of the molecule is CCC(CC)CN(CC)C1(CN)CCSC1. The van der Waals surface area contributed by atoms with Crippen LogP contribution in [0.15, 0.2) is 0 Å². The zero-order valence-corrected chi connectivity index (χ0v) is 12.0. The van der Waals surface area contributed by atoms with E-state index >= 15 is 0 Å². The Morgan fingerprint density at radius 1 is 1.31 bits per heavy atom. The molecule has 1 unspecified atom stereocenters. The molecule has 1 heterocycles. The highest BCUT2D eigenvalue weighted by Gasteiger charge is 2.38. The van der Waals surface area contributed by atoms with Crippen molar-refractivity contribution in [2.45, 2.75) is 45.6 Å². The monoisotopic (exact) mass is 244 g/mol. The molecule has 16 heavy (non-hydrogen) atoms. The van der Waals surface area contributed by atoms with E-state index in [1.165, 1.54) is 37.3 Å². The maximum Gasteiger partial charge on any atom is 0.0429 e. The maximum atomic E-state index is 6.05. The third kappa shape index (κ3) is 3.14. The highest BCUT2D eigenvalue weighted by atomic mass is 32.2. The zero-order valence-electron chi connectivity index (χ0n) is 11.2. The first-order chi connectivity index (χ1) is 7.72. The van der Waals surface area contributed by atoms with Crippen molar-refractivity contribution < 1.29 is 0 Å². The molecule has 2 nitrogen and oxygen atoms in total. The van der Waals surface area contributed by atoms with Crippen LogP contribution in [0.2, 0.25) is 0 Å². The Morgan fingerprint density at radius 3 is 2.38 bits per heavy atom. The van der Waals surface area contributed by atoms with Crippen LogP contribution >= 0.6 is 11.8 Å². The molecular weight excluding hydrogens is 216 g/mol. The molecule has 96 valence electrons. The Bertz CT molecular complexity index is 186. The number of rotatable bonds is 7. The van der Waals surface area contributed by atoms with Gasteiger partial charge in [0.2, 0.25) is 0 Å². The summed E-state index contributed by atoms with van der Waals surface area (Å²) < 4.78 is 0. The Balaban J connectivity index is 2.63. The topological polar surface area (TPSA) is 29.3 Å². The van der Waals surface area contributed by atoms with E-state index in [1.807, 2.05) is 0 Å². The van der Waals surface area contributed by atoms with E-state index in [9.17, 15) is 0 Å². The predicted molar refractivity (Wildman–Crippen MR) is 75.0 cm³/mol. The minimum atomic E-state index is 0.308. The molecule has 0 spiro atoms. The van der Waals surface area contributed by atoms with Gasteiger partial charge in [-0.1, -0.05) is 33.6 Å². The van der Waals surface area contributed by atoms with Crippen LogP contribution in [-0.4, -0.2) is 41.6 Å². The number of nitrogens with zero attached hydrogens (tertiary/aromatic N) is 1. The Hall–Kier alpha value is 0.270. The molecule has 0 amide bonds. The van der Waals surface area contributed by atoms with Gasteiger partial charge in [-0.2, -0.15) is 11.8 Å². The number of hydrogen-bond donors (Lipinski definition) is 1. The molecule has 1 atom stereocenters. The minimum absolute atomic E-state index is 0.308. The molecule has 0 radical (unpaired) electrons. The van der Waals surface area contributed by atoms with E-state index in [0.717, 1.165) is 19.0 Å². The normalized spacial score (nSPS) is 25.9. The van der Waals surface area contributed by atoms with E-state index in [4.69, 9.17) is 5.73 Å². The summed E-state index contributed by atoms with van der Waals surface area (Å²) in [7, 11) is 0. The molecule has 0 aromatic heterocycles. The first kappa shape index (κ1) is 14.3. The minimum Gasteiger partial charge on any atom is -0.329 e. The van der Waals surface area contributed by atoms with Crippen LogP contribution in [0.5, 0.6) is 0 Å². The van der Waals surface area contributed by atoms with Gasteiger partial charge in [0.25, 0.3) is 0 Å². The number of nitrogens with two attached hydrogens (primary N) is 1. The molecule has 0 aliphatic carbocycles. The van der Waals surface area contributed by atoms with Gasteiger partial charge in [0.1, 0.15) is 0 Å². The van der Waals surface area contributed by atoms with E-state index in [2.05, 4.69) is 37.4 Å². The third-order valence-corrected chi connectivity index (χ3v) is 5.38. The lowest BCUT2D eigenvalue weighted by Gasteiger charge is -2.41. The lowest BCUT2D eigenvalue weighted by molar-refractivity contribution is 0.0996. The fraction of sp³-hybridized carbons (Fsp3) is 1.00. The molecule has 2 N–H and O–H groups in total. The summed E-state index contributed by atoms with van der Waals surface area (Å²) in [5.74, 6) is 3.36. The van der Waals surface area contributed by atoms with Crippen molar-refractivity contribution in [2.75, 3.05) is 31.1 Å². The smallest absolute Gasteiger partial charge is 0.0429 e.